The lowest BCUT2D eigenvalue weighted by Crippen LogP contribution is -2.79. The SMILES string of the molecule is O=C1[C@@H]2Oc3c(OCc4ccccc4)ccc4c3[C@@]23CCN(CC2CC2)[C@H](C4)[C@]3(O)CC12Cc1ccc3ccccc3c1C2. The third-order valence-corrected chi connectivity index (χ3v) is 12.3. The fourth-order valence-electron chi connectivity index (χ4n) is 10.2. The lowest BCUT2D eigenvalue weighted by Gasteiger charge is -2.65. The van der Waals surface area contributed by atoms with Crippen LogP contribution in [0.25, 0.3) is 10.8 Å². The highest BCUT2D eigenvalue weighted by Gasteiger charge is 2.77. The van der Waals surface area contributed by atoms with Crippen molar-refractivity contribution in [3.05, 3.63) is 107 Å². The molecule has 0 radical (unpaired) electrons. The molecule has 3 fully saturated rings. The van der Waals surface area contributed by atoms with Gasteiger partial charge in [0, 0.05) is 23.6 Å². The number of ether oxygens (including phenoxy) is 2. The average molecular weight is 584 g/mol. The summed E-state index contributed by atoms with van der Waals surface area (Å²) in [6.07, 6.45) is 5.19. The minimum absolute atomic E-state index is 0.0251. The number of hydrogen-bond acceptors (Lipinski definition) is 5. The molecule has 1 saturated heterocycles. The van der Waals surface area contributed by atoms with E-state index in [1.54, 1.807) is 0 Å². The maximum absolute atomic E-state index is 15.1. The molecule has 4 aromatic rings. The number of carbonyl (C=O) groups is 1. The third kappa shape index (κ3) is 3.24. The van der Waals surface area contributed by atoms with Crippen molar-refractivity contribution in [2.24, 2.45) is 11.3 Å². The molecule has 2 saturated carbocycles. The molecule has 2 aliphatic heterocycles. The molecule has 0 aromatic heterocycles. The molecule has 44 heavy (non-hydrogen) atoms. The summed E-state index contributed by atoms with van der Waals surface area (Å²) >= 11 is 0. The van der Waals surface area contributed by atoms with Gasteiger partial charge in [-0.05, 0) is 96.5 Å². The molecule has 0 amide bonds. The van der Waals surface area contributed by atoms with Gasteiger partial charge in [-0.15, -0.1) is 0 Å². The number of nitrogens with zero attached hydrogens (tertiary/aromatic N) is 1. The molecule has 1 unspecified atom stereocenters. The van der Waals surface area contributed by atoms with Crippen LogP contribution in [0.3, 0.4) is 0 Å². The Hall–Kier alpha value is -3.67. The Kier molecular flexibility index (Phi) is 5.09. The summed E-state index contributed by atoms with van der Waals surface area (Å²) in [7, 11) is 0. The minimum atomic E-state index is -1.06. The van der Waals surface area contributed by atoms with E-state index in [0.29, 0.717) is 37.4 Å². The highest BCUT2D eigenvalue weighted by Crippen LogP contribution is 2.68. The van der Waals surface area contributed by atoms with Gasteiger partial charge in [-0.2, -0.15) is 0 Å². The lowest BCUT2D eigenvalue weighted by atomic mass is 9.44. The molecule has 2 bridgehead atoms. The fourth-order valence-corrected chi connectivity index (χ4v) is 10.2. The lowest BCUT2D eigenvalue weighted by molar-refractivity contribution is -0.209. The van der Waals surface area contributed by atoms with Crippen LogP contribution in [-0.2, 0) is 36.1 Å². The molecule has 2 spiro atoms. The zero-order chi connectivity index (χ0) is 29.3. The van der Waals surface area contributed by atoms with Crippen LogP contribution in [0.4, 0.5) is 0 Å². The molecule has 1 N–H and O–H groups in total. The summed E-state index contributed by atoms with van der Waals surface area (Å²) in [6.45, 7) is 2.36. The first-order valence-electron chi connectivity index (χ1n) is 16.5. The molecule has 4 aromatic carbocycles. The highest BCUT2D eigenvalue weighted by atomic mass is 16.5. The Bertz CT molecular complexity index is 1870. The summed E-state index contributed by atoms with van der Waals surface area (Å²) in [4.78, 5) is 17.7. The van der Waals surface area contributed by atoms with Crippen molar-refractivity contribution in [1.29, 1.82) is 0 Å². The number of likely N-dealkylation sites (tertiary alicyclic amines) is 1. The summed E-state index contributed by atoms with van der Waals surface area (Å²) in [5.41, 5.74) is 3.39. The normalized spacial score (nSPS) is 32.9. The quantitative estimate of drug-likeness (QED) is 0.315. The van der Waals surface area contributed by atoms with E-state index in [9.17, 15) is 5.11 Å². The van der Waals surface area contributed by atoms with E-state index < -0.39 is 22.5 Å². The van der Waals surface area contributed by atoms with Crippen LogP contribution >= 0.6 is 0 Å². The first kappa shape index (κ1) is 25.6. The Morgan fingerprint density at radius 2 is 1.75 bits per heavy atom. The van der Waals surface area contributed by atoms with E-state index in [4.69, 9.17) is 9.47 Å². The van der Waals surface area contributed by atoms with Crippen LogP contribution in [0.2, 0.25) is 0 Å². The Morgan fingerprint density at radius 1 is 0.932 bits per heavy atom. The molecule has 6 aliphatic rings. The predicted octanol–water partition coefficient (Wildman–Crippen LogP) is 5.95. The average Bonchev–Trinajstić information content (AvgIpc) is 3.67. The van der Waals surface area contributed by atoms with Gasteiger partial charge in [-0.3, -0.25) is 9.69 Å². The van der Waals surface area contributed by atoms with E-state index in [1.165, 1.54) is 40.3 Å². The van der Waals surface area contributed by atoms with E-state index in [-0.39, 0.29) is 11.8 Å². The summed E-state index contributed by atoms with van der Waals surface area (Å²) in [5.74, 6) is 2.28. The van der Waals surface area contributed by atoms with Gasteiger partial charge in [0.15, 0.2) is 23.4 Å². The number of Topliss-reactive ketones (excluding diaryl/α,β-unsaturated/α-hetero) is 1. The maximum atomic E-state index is 15.1. The first-order valence-corrected chi connectivity index (χ1v) is 16.5. The first-order chi connectivity index (χ1) is 21.5. The smallest absolute Gasteiger partial charge is 0.181 e. The summed E-state index contributed by atoms with van der Waals surface area (Å²) in [6, 6.07) is 27.3. The number of ketones is 1. The topological polar surface area (TPSA) is 59.0 Å². The molecule has 2 heterocycles. The molecule has 5 atom stereocenters. The van der Waals surface area contributed by atoms with Gasteiger partial charge >= 0.3 is 0 Å². The zero-order valence-electron chi connectivity index (χ0n) is 24.9. The number of hydrogen-bond donors (Lipinski definition) is 1. The molecular formula is C39H37NO4. The number of aliphatic hydroxyl groups is 1. The van der Waals surface area contributed by atoms with Crippen molar-refractivity contribution in [3.63, 3.8) is 0 Å². The highest BCUT2D eigenvalue weighted by molar-refractivity contribution is 5.98. The number of benzene rings is 4. The number of rotatable bonds is 5. The van der Waals surface area contributed by atoms with Gasteiger partial charge in [0.2, 0.25) is 0 Å². The third-order valence-electron chi connectivity index (χ3n) is 12.3. The van der Waals surface area contributed by atoms with E-state index in [2.05, 4.69) is 59.5 Å². The Labute approximate surface area is 257 Å². The van der Waals surface area contributed by atoms with Crippen molar-refractivity contribution < 1.29 is 19.4 Å². The second-order valence-electron chi connectivity index (χ2n) is 14.6. The number of fused-ring (bicyclic) bond motifs is 3. The van der Waals surface area contributed by atoms with Gasteiger partial charge in [-0.1, -0.05) is 72.8 Å². The van der Waals surface area contributed by atoms with Crippen molar-refractivity contribution in [2.45, 2.75) is 74.7 Å². The van der Waals surface area contributed by atoms with Crippen molar-refractivity contribution in [3.8, 4) is 11.5 Å². The largest absolute Gasteiger partial charge is 0.485 e. The van der Waals surface area contributed by atoms with Crippen LogP contribution in [0.15, 0.2) is 78.9 Å². The van der Waals surface area contributed by atoms with Crippen LogP contribution in [0, 0.1) is 11.3 Å². The van der Waals surface area contributed by atoms with Crippen molar-refractivity contribution >= 4 is 16.6 Å². The second kappa shape index (κ2) is 8.74. The molecule has 4 aliphatic carbocycles. The van der Waals surface area contributed by atoms with Gasteiger partial charge in [0.05, 0.1) is 11.0 Å². The van der Waals surface area contributed by atoms with E-state index in [1.807, 2.05) is 24.3 Å². The predicted molar refractivity (Wildman–Crippen MR) is 168 cm³/mol. The number of piperidine rings is 1. The fraction of sp³-hybridized carbons (Fsp3) is 0.410. The van der Waals surface area contributed by atoms with Crippen LogP contribution < -0.4 is 9.47 Å². The van der Waals surface area contributed by atoms with Crippen LogP contribution in [-0.4, -0.2) is 46.6 Å². The monoisotopic (exact) mass is 583 g/mol. The zero-order valence-corrected chi connectivity index (χ0v) is 24.9. The molecule has 5 nitrogen and oxygen atoms in total. The molecule has 222 valence electrons. The van der Waals surface area contributed by atoms with Gasteiger partial charge in [-0.25, -0.2) is 0 Å². The van der Waals surface area contributed by atoms with Gasteiger partial charge < -0.3 is 14.6 Å². The molecule has 5 heteroatoms. The van der Waals surface area contributed by atoms with E-state index >= 15 is 4.79 Å². The summed E-state index contributed by atoms with van der Waals surface area (Å²) < 4.78 is 13.4. The molecule has 10 rings (SSSR count). The Morgan fingerprint density at radius 3 is 2.61 bits per heavy atom. The second-order valence-corrected chi connectivity index (χ2v) is 14.6. The van der Waals surface area contributed by atoms with E-state index in [0.717, 1.165) is 43.0 Å². The summed E-state index contributed by atoms with van der Waals surface area (Å²) in [5, 5.41) is 15.9. The van der Waals surface area contributed by atoms with Crippen molar-refractivity contribution in [1.82, 2.24) is 4.90 Å². The van der Waals surface area contributed by atoms with Crippen molar-refractivity contribution in [2.75, 3.05) is 13.1 Å². The standard InChI is InChI=1S/C39H37NO4/c41-35-36-38-16-17-40(21-24-10-11-24)32(18-27-14-15-31(34(44-36)33(27)38)43-22-25-6-2-1-3-7-25)39(38,42)23-37(35)19-28-13-12-26-8-4-5-9-29(26)30(28)20-37/h1-9,12-15,24,32,36,42H,10-11,16-23H2/t32-,36+,37?,38+,39-/m1/s1. The maximum Gasteiger partial charge on any atom is 0.181 e. The number of carbonyl (C=O) groups excluding carboxylic acids is 1. The minimum Gasteiger partial charge on any atom is -0.485 e. The van der Waals surface area contributed by atoms with Crippen LogP contribution in [0.1, 0.15) is 53.5 Å². The Balaban J connectivity index is 1.11. The van der Waals surface area contributed by atoms with Crippen LogP contribution in [0.5, 0.6) is 11.5 Å². The molecular weight excluding hydrogens is 546 g/mol. The van der Waals surface area contributed by atoms with Gasteiger partial charge in [0.25, 0.3) is 0 Å². The van der Waals surface area contributed by atoms with Gasteiger partial charge in [0.1, 0.15) is 6.61 Å².